The molecule has 2 atom stereocenters. The fourth-order valence-electron chi connectivity index (χ4n) is 2.39. The Hall–Kier alpha value is -1.78. The first-order valence-electron chi connectivity index (χ1n) is 8.20. The molecule has 16 heteroatoms. The molecule has 2 rings (SSSR count). The first-order valence-corrected chi connectivity index (χ1v) is 10.4. The van der Waals surface area contributed by atoms with Gasteiger partial charge in [0.15, 0.2) is 27.2 Å². The topological polar surface area (TPSA) is 193 Å². The monoisotopic (exact) mass is 471 g/mol. The third kappa shape index (κ3) is 5.89. The van der Waals surface area contributed by atoms with Crippen LogP contribution in [0.4, 0.5) is 5.13 Å². The molecule has 2 amide bonds. The minimum absolute atomic E-state index is 0. The van der Waals surface area contributed by atoms with Crippen LogP contribution in [0.2, 0.25) is 0 Å². The van der Waals surface area contributed by atoms with Gasteiger partial charge in [0.2, 0.25) is 0 Å². The number of hydrogen-bond donors (Lipinski definition) is 2. The minimum Gasteiger partial charge on any atom is -0.731 e. The molecule has 0 bridgehead atoms. The van der Waals surface area contributed by atoms with Crippen molar-refractivity contribution in [3.63, 3.8) is 0 Å². The summed E-state index contributed by atoms with van der Waals surface area (Å²) in [5.74, 6) is -3.41. The molecule has 2 heterocycles. The van der Waals surface area contributed by atoms with Crippen molar-refractivity contribution in [3.05, 3.63) is 11.1 Å². The summed E-state index contributed by atoms with van der Waals surface area (Å²) in [6, 6.07) is -3.46. The average molecular weight is 471 g/mol. The molecule has 1 aromatic heterocycles. The molecule has 1 aliphatic heterocycles. The predicted octanol–water partition coefficient (Wildman–Crippen LogP) is -4.42. The summed E-state index contributed by atoms with van der Waals surface area (Å²) in [6.07, 6.45) is 1.18. The molecule has 0 unspecified atom stereocenters. The molecule has 1 aliphatic rings. The van der Waals surface area contributed by atoms with Crippen molar-refractivity contribution < 1.29 is 66.5 Å². The third-order valence-electron chi connectivity index (χ3n) is 3.73. The van der Waals surface area contributed by atoms with Crippen LogP contribution in [0.25, 0.3) is 0 Å². The first-order chi connectivity index (χ1) is 13.6. The van der Waals surface area contributed by atoms with Gasteiger partial charge < -0.3 is 25.2 Å². The molecule has 0 aromatic carbocycles. The van der Waals surface area contributed by atoms with Crippen LogP contribution in [0.1, 0.15) is 25.5 Å². The van der Waals surface area contributed by atoms with Crippen molar-refractivity contribution in [2.75, 3.05) is 19.5 Å². The van der Waals surface area contributed by atoms with E-state index in [0.29, 0.717) is 12.8 Å². The van der Waals surface area contributed by atoms with E-state index in [1.807, 2.05) is 6.92 Å². The number of thiazole rings is 1. The number of unbranched alkanes of at least 4 members (excludes halogenated alkanes) is 1. The summed E-state index contributed by atoms with van der Waals surface area (Å²) in [5, 5.41) is 7.22. The van der Waals surface area contributed by atoms with Gasteiger partial charge >= 0.3 is 35.5 Å². The fraction of sp³-hybridized carbons (Fsp3) is 0.500. The summed E-state index contributed by atoms with van der Waals surface area (Å²) in [5.41, 5.74) is 5.19. The SMILES string of the molecule is CCCCOC(=O)[C@H]1[C@@H](NC(=O)C(=NOC)c2csc(N)n2)C(=O)N1S(=O)(=O)[O-].[Na+]. The second-order valence-corrected chi connectivity index (χ2v) is 7.84. The van der Waals surface area contributed by atoms with Crippen molar-refractivity contribution >= 4 is 50.3 Å². The Balaban J connectivity index is 0.00000450. The minimum atomic E-state index is -5.29. The van der Waals surface area contributed by atoms with E-state index in [1.165, 1.54) is 5.38 Å². The molecule has 0 radical (unpaired) electrons. The van der Waals surface area contributed by atoms with Gasteiger partial charge in [-0.25, -0.2) is 22.5 Å². The number of esters is 1. The summed E-state index contributed by atoms with van der Waals surface area (Å²) in [4.78, 5) is 45.3. The maximum Gasteiger partial charge on any atom is 1.00 e. The largest absolute Gasteiger partial charge is 1.00 e. The normalized spacial score (nSPS) is 18.8. The van der Waals surface area contributed by atoms with Gasteiger partial charge in [0.25, 0.3) is 11.8 Å². The van der Waals surface area contributed by atoms with Gasteiger partial charge in [0.05, 0.1) is 6.61 Å². The summed E-state index contributed by atoms with van der Waals surface area (Å²) >= 11 is 1.02. The number of β-lactam (4-membered cyclic amide) rings is 1. The number of oxime groups is 1. The van der Waals surface area contributed by atoms with E-state index in [9.17, 15) is 27.4 Å². The second-order valence-electron chi connectivity index (χ2n) is 5.70. The van der Waals surface area contributed by atoms with Crippen molar-refractivity contribution in [2.24, 2.45) is 5.16 Å². The molecule has 1 fully saturated rings. The number of carbonyl (C=O) groups is 3. The number of amides is 2. The number of carbonyl (C=O) groups excluding carboxylic acids is 3. The zero-order chi connectivity index (χ0) is 21.8. The predicted molar refractivity (Wildman–Crippen MR) is 98.2 cm³/mol. The van der Waals surface area contributed by atoms with Gasteiger partial charge in [0, 0.05) is 5.38 Å². The molecule has 13 nitrogen and oxygen atoms in total. The number of nitrogens with one attached hydrogen (secondary N) is 1. The number of anilines is 1. The number of aromatic nitrogens is 1. The van der Waals surface area contributed by atoms with Crippen molar-refractivity contribution in [1.29, 1.82) is 0 Å². The van der Waals surface area contributed by atoms with E-state index in [4.69, 9.17) is 10.5 Å². The number of nitrogens with two attached hydrogens (primary N) is 1. The average Bonchev–Trinajstić information content (AvgIpc) is 3.06. The van der Waals surface area contributed by atoms with Crippen LogP contribution < -0.4 is 40.6 Å². The maximum absolute atomic E-state index is 12.5. The van der Waals surface area contributed by atoms with Gasteiger partial charge in [-0.15, -0.1) is 11.3 Å². The van der Waals surface area contributed by atoms with Gasteiger partial charge in [0.1, 0.15) is 18.8 Å². The number of hydrogen-bond acceptors (Lipinski definition) is 12. The molecule has 1 saturated heterocycles. The van der Waals surface area contributed by atoms with Gasteiger partial charge in [-0.2, -0.15) is 0 Å². The zero-order valence-corrected chi connectivity index (χ0v) is 20.0. The number of ether oxygens (including phenoxy) is 1. The Morgan fingerprint density at radius 1 is 1.47 bits per heavy atom. The molecular formula is C14H18N5NaO8S2. The van der Waals surface area contributed by atoms with E-state index >= 15 is 0 Å². The number of rotatable bonds is 9. The van der Waals surface area contributed by atoms with Gasteiger partial charge in [-0.3, -0.25) is 9.59 Å². The smallest absolute Gasteiger partial charge is 0.731 e. The Morgan fingerprint density at radius 2 is 2.13 bits per heavy atom. The van der Waals surface area contributed by atoms with Crippen LogP contribution in [0.5, 0.6) is 0 Å². The van der Waals surface area contributed by atoms with Crippen molar-refractivity contribution in [1.82, 2.24) is 14.6 Å². The van der Waals surface area contributed by atoms with E-state index in [0.717, 1.165) is 18.4 Å². The Kier molecular flexibility index (Phi) is 9.64. The van der Waals surface area contributed by atoms with Crippen LogP contribution in [-0.4, -0.2) is 71.6 Å². The fourth-order valence-corrected chi connectivity index (χ4v) is 3.76. The Bertz CT molecular complexity index is 935. The summed E-state index contributed by atoms with van der Waals surface area (Å²) < 4.78 is 38.7. The molecule has 30 heavy (non-hydrogen) atoms. The number of nitrogen functional groups attached to an aromatic ring is 1. The van der Waals surface area contributed by atoms with E-state index in [2.05, 4.69) is 20.3 Å². The molecule has 0 saturated carbocycles. The second kappa shape index (κ2) is 11.0. The van der Waals surface area contributed by atoms with Gasteiger partial charge in [-0.05, 0) is 6.42 Å². The van der Waals surface area contributed by atoms with Crippen LogP contribution in [0.3, 0.4) is 0 Å². The molecule has 160 valence electrons. The quantitative estimate of drug-likeness (QED) is 0.0675. The molecular weight excluding hydrogens is 453 g/mol. The van der Waals surface area contributed by atoms with Crippen LogP contribution in [0, 0.1) is 0 Å². The van der Waals surface area contributed by atoms with E-state index in [1.54, 1.807) is 0 Å². The van der Waals surface area contributed by atoms with Gasteiger partial charge in [-0.1, -0.05) is 18.5 Å². The molecule has 0 aliphatic carbocycles. The number of nitrogens with zero attached hydrogens (tertiary/aromatic N) is 3. The first kappa shape index (κ1) is 26.3. The standard InChI is InChI=1S/C14H19N5O8S2.Na/c1-3-4-5-27-13(22)10-9(12(21)19(10)29(23,24)25)17-11(20)8(18-26-2)7-6-28-14(15)16-7;/h6,9-10H,3-5H2,1-2H3,(H2,15,16)(H,17,20)(H,23,24,25);/q;+1/p-1/t9-,10-;/m1./s1. The van der Waals surface area contributed by atoms with Crippen LogP contribution in [-0.2, 0) is 34.3 Å². The molecule has 3 N–H and O–H groups in total. The summed E-state index contributed by atoms with van der Waals surface area (Å²) in [6.45, 7) is 1.79. The van der Waals surface area contributed by atoms with Crippen LogP contribution in [0.15, 0.2) is 10.5 Å². The third-order valence-corrected chi connectivity index (χ3v) is 5.29. The van der Waals surface area contributed by atoms with E-state index < -0.39 is 40.2 Å². The summed E-state index contributed by atoms with van der Waals surface area (Å²) in [7, 11) is -4.12. The maximum atomic E-state index is 12.5. The van der Waals surface area contributed by atoms with Crippen molar-refractivity contribution in [3.8, 4) is 0 Å². The van der Waals surface area contributed by atoms with Crippen LogP contribution >= 0.6 is 11.3 Å². The molecule has 0 spiro atoms. The van der Waals surface area contributed by atoms with E-state index in [-0.39, 0.29) is 57.0 Å². The zero-order valence-electron chi connectivity index (χ0n) is 16.4. The van der Waals surface area contributed by atoms with Crippen molar-refractivity contribution in [2.45, 2.75) is 31.8 Å². The molecule has 1 aromatic rings. The Morgan fingerprint density at radius 3 is 2.63 bits per heavy atom. The Labute approximate surface area is 198 Å².